The zero-order valence-electron chi connectivity index (χ0n) is 15.6. The molecule has 1 aliphatic rings. The SMILES string of the molecule is C=Cc1ccc(-c2ccc(C3CCC(CCCC)OC3)cc2F)c(F)c1F. The summed E-state index contributed by atoms with van der Waals surface area (Å²) < 4.78 is 48.9. The Bertz CT molecular complexity index is 808. The second-order valence-corrected chi connectivity index (χ2v) is 7.15. The third-order valence-corrected chi connectivity index (χ3v) is 5.34. The van der Waals surface area contributed by atoms with Crippen molar-refractivity contribution < 1.29 is 17.9 Å². The lowest BCUT2D eigenvalue weighted by Gasteiger charge is -2.29. The summed E-state index contributed by atoms with van der Waals surface area (Å²) in [6.07, 6.45) is 6.83. The van der Waals surface area contributed by atoms with Crippen molar-refractivity contribution in [3.63, 3.8) is 0 Å². The highest BCUT2D eigenvalue weighted by Crippen LogP contribution is 2.34. The number of rotatable bonds is 6. The molecular weight excluding hydrogens is 349 g/mol. The first-order valence-corrected chi connectivity index (χ1v) is 9.57. The van der Waals surface area contributed by atoms with Crippen molar-refractivity contribution in [1.82, 2.24) is 0 Å². The summed E-state index contributed by atoms with van der Waals surface area (Å²) in [5.41, 5.74) is 0.879. The van der Waals surface area contributed by atoms with Gasteiger partial charge in [0.15, 0.2) is 11.6 Å². The number of halogens is 3. The Morgan fingerprint density at radius 1 is 1.07 bits per heavy atom. The van der Waals surface area contributed by atoms with E-state index in [4.69, 9.17) is 4.74 Å². The maximum absolute atomic E-state index is 14.7. The summed E-state index contributed by atoms with van der Waals surface area (Å²) in [4.78, 5) is 0. The van der Waals surface area contributed by atoms with Crippen LogP contribution < -0.4 is 0 Å². The van der Waals surface area contributed by atoms with Crippen LogP contribution >= 0.6 is 0 Å². The molecule has 2 aromatic rings. The Labute approximate surface area is 158 Å². The minimum absolute atomic E-state index is 0.0586. The van der Waals surface area contributed by atoms with E-state index < -0.39 is 17.5 Å². The largest absolute Gasteiger partial charge is 0.378 e. The fourth-order valence-electron chi connectivity index (χ4n) is 3.66. The Morgan fingerprint density at radius 3 is 2.48 bits per heavy atom. The summed E-state index contributed by atoms with van der Waals surface area (Å²) in [5, 5.41) is 0. The number of ether oxygens (including phenoxy) is 1. The van der Waals surface area contributed by atoms with Gasteiger partial charge in [-0.25, -0.2) is 13.2 Å². The molecule has 0 aliphatic carbocycles. The van der Waals surface area contributed by atoms with Gasteiger partial charge in [0, 0.05) is 22.6 Å². The fourth-order valence-corrected chi connectivity index (χ4v) is 3.66. The van der Waals surface area contributed by atoms with Crippen molar-refractivity contribution in [1.29, 1.82) is 0 Å². The van der Waals surface area contributed by atoms with E-state index in [1.165, 1.54) is 30.3 Å². The molecule has 0 bridgehead atoms. The molecule has 144 valence electrons. The van der Waals surface area contributed by atoms with Crippen molar-refractivity contribution in [2.75, 3.05) is 6.61 Å². The first-order chi connectivity index (χ1) is 13.0. The minimum Gasteiger partial charge on any atom is -0.378 e. The van der Waals surface area contributed by atoms with Crippen LogP contribution in [0.5, 0.6) is 0 Å². The molecule has 4 heteroatoms. The topological polar surface area (TPSA) is 9.23 Å². The molecule has 3 rings (SSSR count). The van der Waals surface area contributed by atoms with Crippen LogP contribution in [0.25, 0.3) is 17.2 Å². The van der Waals surface area contributed by atoms with Crippen LogP contribution in [0, 0.1) is 17.5 Å². The van der Waals surface area contributed by atoms with E-state index in [2.05, 4.69) is 13.5 Å². The molecule has 0 amide bonds. The van der Waals surface area contributed by atoms with E-state index in [9.17, 15) is 13.2 Å². The lowest BCUT2D eigenvalue weighted by Crippen LogP contribution is -2.24. The Hall–Kier alpha value is -2.07. The first kappa shape index (κ1) is 19.7. The Morgan fingerprint density at radius 2 is 1.85 bits per heavy atom. The van der Waals surface area contributed by atoms with Gasteiger partial charge in [0.05, 0.1) is 12.7 Å². The van der Waals surface area contributed by atoms with Crippen LogP contribution in [0.2, 0.25) is 0 Å². The maximum atomic E-state index is 14.7. The van der Waals surface area contributed by atoms with Crippen molar-refractivity contribution in [2.24, 2.45) is 0 Å². The first-order valence-electron chi connectivity index (χ1n) is 9.57. The molecule has 0 aromatic heterocycles. The van der Waals surface area contributed by atoms with Gasteiger partial charge < -0.3 is 4.74 Å². The van der Waals surface area contributed by atoms with Crippen LogP contribution in [0.1, 0.15) is 56.1 Å². The lowest BCUT2D eigenvalue weighted by atomic mass is 9.89. The number of hydrogen-bond acceptors (Lipinski definition) is 1. The van der Waals surface area contributed by atoms with Crippen molar-refractivity contribution in [3.05, 3.63) is 65.5 Å². The molecule has 0 spiro atoms. The molecule has 2 atom stereocenters. The maximum Gasteiger partial charge on any atom is 0.167 e. The van der Waals surface area contributed by atoms with Crippen LogP contribution in [0.4, 0.5) is 13.2 Å². The van der Waals surface area contributed by atoms with Gasteiger partial charge in [-0.15, -0.1) is 0 Å². The molecule has 27 heavy (non-hydrogen) atoms. The third kappa shape index (κ3) is 4.27. The van der Waals surface area contributed by atoms with Gasteiger partial charge in [0.25, 0.3) is 0 Å². The van der Waals surface area contributed by atoms with Crippen LogP contribution in [0.3, 0.4) is 0 Å². The van der Waals surface area contributed by atoms with Crippen LogP contribution in [0.15, 0.2) is 36.9 Å². The van der Waals surface area contributed by atoms with Gasteiger partial charge in [-0.3, -0.25) is 0 Å². The molecule has 1 heterocycles. The number of unbranched alkanes of at least 4 members (excludes halogenated alkanes) is 1. The monoisotopic (exact) mass is 374 g/mol. The zero-order valence-corrected chi connectivity index (χ0v) is 15.6. The normalized spacial score (nSPS) is 19.9. The molecule has 2 aromatic carbocycles. The smallest absolute Gasteiger partial charge is 0.167 e. The number of hydrogen-bond donors (Lipinski definition) is 0. The third-order valence-electron chi connectivity index (χ3n) is 5.34. The molecular formula is C23H25F3O. The second kappa shape index (κ2) is 8.75. The highest BCUT2D eigenvalue weighted by molar-refractivity contribution is 5.67. The predicted molar refractivity (Wildman–Crippen MR) is 103 cm³/mol. The highest BCUT2D eigenvalue weighted by Gasteiger charge is 2.24. The van der Waals surface area contributed by atoms with E-state index in [0.29, 0.717) is 12.7 Å². The van der Waals surface area contributed by atoms with Crippen LogP contribution in [-0.2, 0) is 4.74 Å². The van der Waals surface area contributed by atoms with E-state index >= 15 is 0 Å². The average molecular weight is 374 g/mol. The van der Waals surface area contributed by atoms with Crippen molar-refractivity contribution in [3.8, 4) is 11.1 Å². The van der Waals surface area contributed by atoms with E-state index in [-0.39, 0.29) is 22.6 Å². The highest BCUT2D eigenvalue weighted by atomic mass is 19.2. The quantitative estimate of drug-likeness (QED) is 0.536. The molecule has 1 aliphatic heterocycles. The fraction of sp³-hybridized carbons (Fsp3) is 0.391. The molecule has 1 nitrogen and oxygen atoms in total. The minimum atomic E-state index is -1.06. The molecule has 1 fully saturated rings. The van der Waals surface area contributed by atoms with Crippen LogP contribution in [-0.4, -0.2) is 12.7 Å². The lowest BCUT2D eigenvalue weighted by molar-refractivity contribution is -0.00193. The standard InChI is InChI=1S/C23H25F3O/c1-3-5-6-18-10-7-17(14-27-18)16-9-11-19(21(24)13-16)20-12-8-15(4-2)22(25)23(20)26/h4,8-9,11-13,17-18H,2-3,5-7,10,14H2,1H3. The van der Waals surface area contributed by atoms with Gasteiger partial charge in [0.1, 0.15) is 5.82 Å². The predicted octanol–water partition coefficient (Wildman–Crippen LogP) is 6.87. The molecule has 1 saturated heterocycles. The summed E-state index contributed by atoms with van der Waals surface area (Å²) in [6.45, 7) is 6.18. The summed E-state index contributed by atoms with van der Waals surface area (Å²) in [5.74, 6) is -2.48. The second-order valence-electron chi connectivity index (χ2n) is 7.15. The molecule has 0 radical (unpaired) electrons. The van der Waals surface area contributed by atoms with Gasteiger partial charge in [-0.05, 0) is 30.9 Å². The summed E-state index contributed by atoms with van der Waals surface area (Å²) in [6, 6.07) is 7.53. The Kier molecular flexibility index (Phi) is 6.38. The van der Waals surface area contributed by atoms with Gasteiger partial charge in [-0.2, -0.15) is 0 Å². The summed E-state index contributed by atoms with van der Waals surface area (Å²) >= 11 is 0. The van der Waals surface area contributed by atoms with Gasteiger partial charge in [0.2, 0.25) is 0 Å². The van der Waals surface area contributed by atoms with E-state index in [1.54, 1.807) is 6.07 Å². The molecule has 0 saturated carbocycles. The van der Waals surface area contributed by atoms with E-state index in [0.717, 1.165) is 37.7 Å². The zero-order chi connectivity index (χ0) is 19.4. The molecule has 2 unspecified atom stereocenters. The average Bonchev–Trinajstić information content (AvgIpc) is 2.69. The molecule has 0 N–H and O–H groups in total. The van der Waals surface area contributed by atoms with Crippen molar-refractivity contribution >= 4 is 6.08 Å². The van der Waals surface area contributed by atoms with Gasteiger partial charge >= 0.3 is 0 Å². The Balaban J connectivity index is 1.77. The van der Waals surface area contributed by atoms with Crippen molar-refractivity contribution in [2.45, 2.75) is 51.0 Å². The number of benzene rings is 2. The van der Waals surface area contributed by atoms with E-state index in [1.807, 2.05) is 0 Å². The van der Waals surface area contributed by atoms with Gasteiger partial charge in [-0.1, -0.05) is 56.7 Å². The summed E-state index contributed by atoms with van der Waals surface area (Å²) in [7, 11) is 0.